The Hall–Kier alpha value is -2.93. The van der Waals surface area contributed by atoms with Crippen LogP contribution < -0.4 is 10.6 Å². The zero-order chi connectivity index (χ0) is 22.8. The van der Waals surface area contributed by atoms with Crippen molar-refractivity contribution in [3.05, 3.63) is 70.5 Å². The van der Waals surface area contributed by atoms with Gasteiger partial charge < -0.3 is 20.4 Å². The molecule has 7 heteroatoms. The van der Waals surface area contributed by atoms with Crippen molar-refractivity contribution < 1.29 is 9.18 Å². The van der Waals surface area contributed by atoms with E-state index in [0.29, 0.717) is 36.7 Å². The fourth-order valence-electron chi connectivity index (χ4n) is 3.14. The van der Waals surface area contributed by atoms with E-state index in [9.17, 15) is 9.18 Å². The summed E-state index contributed by atoms with van der Waals surface area (Å²) in [7, 11) is 7.34. The van der Waals surface area contributed by atoms with Crippen LogP contribution in [-0.2, 0) is 19.5 Å². The fourth-order valence-corrected chi connectivity index (χ4v) is 3.14. The average Bonchev–Trinajstić information content (AvgIpc) is 2.73. The van der Waals surface area contributed by atoms with E-state index in [2.05, 4.69) is 15.6 Å². The Morgan fingerprint density at radius 2 is 1.81 bits per heavy atom. The molecule has 1 amide bonds. The zero-order valence-electron chi connectivity index (χ0n) is 19.2. The number of aliphatic imine (C=N–C) groups is 1. The van der Waals surface area contributed by atoms with E-state index in [4.69, 9.17) is 0 Å². The molecule has 2 aromatic rings. The number of nitrogens with zero attached hydrogens (tertiary/aromatic N) is 3. The molecule has 0 unspecified atom stereocenters. The number of carbonyl (C=O) groups is 1. The Kier molecular flexibility index (Phi) is 9.46. The molecule has 0 heterocycles. The highest BCUT2D eigenvalue weighted by Gasteiger charge is 2.08. The van der Waals surface area contributed by atoms with Gasteiger partial charge in [-0.1, -0.05) is 18.2 Å². The van der Waals surface area contributed by atoms with Gasteiger partial charge in [-0.3, -0.25) is 4.79 Å². The summed E-state index contributed by atoms with van der Waals surface area (Å²) in [5.74, 6) is 0.514. The summed E-state index contributed by atoms with van der Waals surface area (Å²) in [4.78, 5) is 20.3. The Bertz CT molecular complexity index is 895. The van der Waals surface area contributed by atoms with Gasteiger partial charge in [0, 0.05) is 44.9 Å². The summed E-state index contributed by atoms with van der Waals surface area (Å²) >= 11 is 0. The third kappa shape index (κ3) is 8.02. The van der Waals surface area contributed by atoms with E-state index in [0.717, 1.165) is 24.1 Å². The first-order valence-corrected chi connectivity index (χ1v) is 10.5. The lowest BCUT2D eigenvalue weighted by atomic mass is 10.1. The van der Waals surface area contributed by atoms with Crippen LogP contribution in [-0.4, -0.2) is 62.9 Å². The highest BCUT2D eigenvalue weighted by atomic mass is 19.1. The highest BCUT2D eigenvalue weighted by Crippen LogP contribution is 2.13. The zero-order valence-corrected chi connectivity index (χ0v) is 19.2. The van der Waals surface area contributed by atoms with Gasteiger partial charge in [0.25, 0.3) is 5.91 Å². The maximum absolute atomic E-state index is 14.0. The van der Waals surface area contributed by atoms with Crippen molar-refractivity contribution in [2.75, 3.05) is 41.3 Å². The summed E-state index contributed by atoms with van der Waals surface area (Å²) in [5, 5.41) is 6.57. The van der Waals surface area contributed by atoms with Crippen LogP contribution in [0.15, 0.2) is 47.5 Å². The Labute approximate surface area is 185 Å². The van der Waals surface area contributed by atoms with Gasteiger partial charge in [0.05, 0.1) is 6.54 Å². The molecule has 0 radical (unpaired) electrons. The number of amides is 1. The third-order valence-corrected chi connectivity index (χ3v) is 4.65. The molecule has 2 aromatic carbocycles. The van der Waals surface area contributed by atoms with E-state index in [1.54, 1.807) is 25.1 Å². The molecule has 0 aromatic heterocycles. The number of halogens is 1. The van der Waals surface area contributed by atoms with Gasteiger partial charge >= 0.3 is 0 Å². The van der Waals surface area contributed by atoms with Crippen LogP contribution in [0.25, 0.3) is 0 Å². The van der Waals surface area contributed by atoms with E-state index in [1.165, 1.54) is 6.07 Å². The number of guanidine groups is 1. The molecular formula is C24H34FN5O. The normalized spacial score (nSPS) is 11.5. The van der Waals surface area contributed by atoms with Gasteiger partial charge in [0.1, 0.15) is 5.82 Å². The Balaban J connectivity index is 1.98. The number of benzene rings is 2. The first-order chi connectivity index (χ1) is 14.8. The van der Waals surface area contributed by atoms with Crippen LogP contribution in [0.4, 0.5) is 4.39 Å². The van der Waals surface area contributed by atoms with Crippen molar-refractivity contribution in [2.45, 2.75) is 26.4 Å². The van der Waals surface area contributed by atoms with Gasteiger partial charge in [-0.25, -0.2) is 9.38 Å². The van der Waals surface area contributed by atoms with E-state index in [-0.39, 0.29) is 11.7 Å². The molecule has 168 valence electrons. The Morgan fingerprint density at radius 3 is 2.48 bits per heavy atom. The monoisotopic (exact) mass is 427 g/mol. The topological polar surface area (TPSA) is 60.0 Å². The van der Waals surface area contributed by atoms with Gasteiger partial charge in [-0.05, 0) is 62.8 Å². The average molecular weight is 428 g/mol. The van der Waals surface area contributed by atoms with Gasteiger partial charge in [-0.15, -0.1) is 0 Å². The van der Waals surface area contributed by atoms with Crippen LogP contribution in [0.1, 0.15) is 34.0 Å². The molecule has 0 bridgehead atoms. The van der Waals surface area contributed by atoms with Crippen molar-refractivity contribution >= 4 is 11.9 Å². The molecule has 2 rings (SSSR count). The molecule has 0 atom stereocenters. The molecule has 0 aliphatic heterocycles. The van der Waals surface area contributed by atoms with Crippen LogP contribution in [0.2, 0.25) is 0 Å². The Morgan fingerprint density at radius 1 is 1.03 bits per heavy atom. The predicted octanol–water partition coefficient (Wildman–Crippen LogP) is 2.89. The lowest BCUT2D eigenvalue weighted by molar-refractivity contribution is 0.0827. The number of rotatable bonds is 9. The SMILES string of the molecule is CCNC(=NCc1ccc(F)c(CN(C)C)c1)NCCc1cccc(C(=O)N(C)C)c1. The third-order valence-electron chi connectivity index (χ3n) is 4.65. The first-order valence-electron chi connectivity index (χ1n) is 10.5. The highest BCUT2D eigenvalue weighted by molar-refractivity contribution is 5.94. The minimum Gasteiger partial charge on any atom is -0.357 e. The summed E-state index contributed by atoms with van der Waals surface area (Å²) in [6.45, 7) is 4.45. The summed E-state index contributed by atoms with van der Waals surface area (Å²) < 4.78 is 14.0. The second-order valence-corrected chi connectivity index (χ2v) is 7.94. The van der Waals surface area contributed by atoms with E-state index < -0.39 is 0 Å². The van der Waals surface area contributed by atoms with Crippen LogP contribution in [0.3, 0.4) is 0 Å². The molecule has 0 fully saturated rings. The summed E-state index contributed by atoms with van der Waals surface area (Å²) in [5.41, 5.74) is 3.41. The van der Waals surface area contributed by atoms with Crippen molar-refractivity contribution in [1.82, 2.24) is 20.4 Å². The molecule has 0 aliphatic carbocycles. The van der Waals surface area contributed by atoms with Crippen LogP contribution in [0, 0.1) is 5.82 Å². The summed E-state index contributed by atoms with van der Waals surface area (Å²) in [6.07, 6.45) is 0.766. The van der Waals surface area contributed by atoms with Crippen LogP contribution in [0.5, 0.6) is 0 Å². The van der Waals surface area contributed by atoms with Gasteiger partial charge in [0.2, 0.25) is 0 Å². The van der Waals surface area contributed by atoms with Crippen molar-refractivity contribution in [2.24, 2.45) is 4.99 Å². The smallest absolute Gasteiger partial charge is 0.253 e. The molecule has 0 aliphatic rings. The minimum atomic E-state index is -0.193. The summed E-state index contributed by atoms with van der Waals surface area (Å²) in [6, 6.07) is 12.8. The van der Waals surface area contributed by atoms with Crippen molar-refractivity contribution in [3.63, 3.8) is 0 Å². The maximum Gasteiger partial charge on any atom is 0.253 e. The number of hydrogen-bond donors (Lipinski definition) is 2. The quantitative estimate of drug-likeness (QED) is 0.477. The largest absolute Gasteiger partial charge is 0.357 e. The minimum absolute atomic E-state index is 0.00218. The second kappa shape index (κ2) is 12.1. The number of hydrogen-bond acceptors (Lipinski definition) is 3. The maximum atomic E-state index is 14.0. The van der Waals surface area contributed by atoms with Crippen LogP contribution >= 0.6 is 0 Å². The molecule has 2 N–H and O–H groups in total. The second-order valence-electron chi connectivity index (χ2n) is 7.94. The van der Waals surface area contributed by atoms with Crippen molar-refractivity contribution in [3.8, 4) is 0 Å². The molecule has 6 nitrogen and oxygen atoms in total. The fraction of sp³-hybridized carbons (Fsp3) is 0.417. The molecular weight excluding hydrogens is 393 g/mol. The van der Waals surface area contributed by atoms with E-state index >= 15 is 0 Å². The molecule has 31 heavy (non-hydrogen) atoms. The molecule has 0 spiro atoms. The number of nitrogens with one attached hydrogen (secondary N) is 2. The number of carbonyl (C=O) groups excluding carboxylic acids is 1. The van der Waals surface area contributed by atoms with E-state index in [1.807, 2.05) is 56.3 Å². The first kappa shape index (κ1) is 24.3. The molecule has 0 saturated heterocycles. The van der Waals surface area contributed by atoms with Gasteiger partial charge in [-0.2, -0.15) is 0 Å². The van der Waals surface area contributed by atoms with Gasteiger partial charge in [0.15, 0.2) is 5.96 Å². The predicted molar refractivity (Wildman–Crippen MR) is 125 cm³/mol. The van der Waals surface area contributed by atoms with Crippen molar-refractivity contribution in [1.29, 1.82) is 0 Å². The standard InChI is InChI=1S/C24H34FN5O/c1-6-26-24(28-16-19-10-11-22(25)21(15-19)17-29(2)3)27-13-12-18-8-7-9-20(14-18)23(31)30(4)5/h7-11,14-15H,6,12-13,16-17H2,1-5H3,(H2,26,27,28). The lowest BCUT2D eigenvalue weighted by Gasteiger charge is -2.14. The molecule has 0 saturated carbocycles. The lowest BCUT2D eigenvalue weighted by Crippen LogP contribution is -2.38.